The second-order valence-electron chi connectivity index (χ2n) is 3.83. The van der Waals surface area contributed by atoms with Gasteiger partial charge in [-0.05, 0) is 25.3 Å². The minimum absolute atomic E-state index is 0.336. The standard InChI is InChI=1S/C13H20O2S/c1-3-4-5-6-7-8-12(14)13-9-11(15-2)10-16-13/h3,9-10,12,14H,1,4-8H2,2H3. The molecule has 1 rings (SSSR count). The summed E-state index contributed by atoms with van der Waals surface area (Å²) in [4.78, 5) is 1.00. The summed E-state index contributed by atoms with van der Waals surface area (Å²) in [5, 5.41) is 11.8. The van der Waals surface area contributed by atoms with Crippen molar-refractivity contribution < 1.29 is 9.84 Å². The molecule has 0 amide bonds. The number of thiophene rings is 1. The topological polar surface area (TPSA) is 29.5 Å². The molecule has 1 aromatic rings. The molecule has 3 heteroatoms. The number of rotatable bonds is 8. The van der Waals surface area contributed by atoms with Crippen LogP contribution in [0.2, 0.25) is 0 Å². The van der Waals surface area contributed by atoms with Crippen LogP contribution in [-0.2, 0) is 0 Å². The number of methoxy groups -OCH3 is 1. The Bertz CT molecular complexity index is 307. The monoisotopic (exact) mass is 240 g/mol. The van der Waals surface area contributed by atoms with E-state index >= 15 is 0 Å². The number of unbranched alkanes of at least 4 members (excludes halogenated alkanes) is 3. The lowest BCUT2D eigenvalue weighted by Crippen LogP contribution is -1.94. The second-order valence-corrected chi connectivity index (χ2v) is 4.77. The molecule has 0 aliphatic rings. The van der Waals surface area contributed by atoms with Gasteiger partial charge in [-0.1, -0.05) is 18.9 Å². The molecule has 0 bridgehead atoms. The van der Waals surface area contributed by atoms with Gasteiger partial charge >= 0.3 is 0 Å². The van der Waals surface area contributed by atoms with Crippen LogP contribution in [-0.4, -0.2) is 12.2 Å². The molecule has 0 aliphatic heterocycles. The van der Waals surface area contributed by atoms with Crippen molar-refractivity contribution in [3.8, 4) is 5.75 Å². The molecule has 2 nitrogen and oxygen atoms in total. The third kappa shape index (κ3) is 4.37. The highest BCUT2D eigenvalue weighted by Gasteiger charge is 2.10. The summed E-state index contributed by atoms with van der Waals surface area (Å²) < 4.78 is 5.09. The predicted molar refractivity (Wildman–Crippen MR) is 69.1 cm³/mol. The van der Waals surface area contributed by atoms with Gasteiger partial charge in [-0.2, -0.15) is 0 Å². The van der Waals surface area contributed by atoms with Crippen LogP contribution in [0.15, 0.2) is 24.1 Å². The van der Waals surface area contributed by atoms with E-state index in [-0.39, 0.29) is 6.10 Å². The van der Waals surface area contributed by atoms with E-state index in [0.717, 1.165) is 36.3 Å². The number of ether oxygens (including phenoxy) is 1. The molecule has 1 atom stereocenters. The first-order valence-corrected chi connectivity index (χ1v) is 6.57. The van der Waals surface area contributed by atoms with Gasteiger partial charge in [0.2, 0.25) is 0 Å². The Labute approximate surface area is 102 Å². The molecule has 0 saturated carbocycles. The van der Waals surface area contributed by atoms with Crippen LogP contribution in [0.4, 0.5) is 0 Å². The minimum atomic E-state index is -0.336. The molecule has 1 heterocycles. The van der Waals surface area contributed by atoms with Gasteiger partial charge in [0, 0.05) is 10.3 Å². The molecule has 1 N–H and O–H groups in total. The number of allylic oxidation sites excluding steroid dienone is 1. The van der Waals surface area contributed by atoms with Crippen LogP contribution in [0.25, 0.3) is 0 Å². The summed E-state index contributed by atoms with van der Waals surface area (Å²) in [6.07, 6.45) is 6.91. The molecule has 0 aromatic carbocycles. The molecule has 0 saturated heterocycles. The van der Waals surface area contributed by atoms with E-state index in [1.54, 1.807) is 18.4 Å². The van der Waals surface area contributed by atoms with E-state index in [0.29, 0.717) is 0 Å². The zero-order chi connectivity index (χ0) is 11.8. The Morgan fingerprint density at radius 1 is 1.50 bits per heavy atom. The molecule has 0 fully saturated rings. The minimum Gasteiger partial charge on any atom is -0.496 e. The molecular weight excluding hydrogens is 220 g/mol. The fourth-order valence-corrected chi connectivity index (χ4v) is 2.44. The van der Waals surface area contributed by atoms with Crippen LogP contribution in [0, 0.1) is 0 Å². The quantitative estimate of drug-likeness (QED) is 0.551. The van der Waals surface area contributed by atoms with Crippen molar-refractivity contribution in [2.24, 2.45) is 0 Å². The summed E-state index contributed by atoms with van der Waals surface area (Å²) >= 11 is 1.56. The number of aliphatic hydroxyl groups is 1. The second kappa shape index (κ2) is 7.47. The number of hydrogen-bond acceptors (Lipinski definition) is 3. The van der Waals surface area contributed by atoms with Crippen LogP contribution in [0.1, 0.15) is 43.1 Å². The van der Waals surface area contributed by atoms with Gasteiger partial charge in [0.1, 0.15) is 5.75 Å². The third-order valence-corrected chi connectivity index (χ3v) is 3.56. The first-order valence-electron chi connectivity index (χ1n) is 5.69. The largest absolute Gasteiger partial charge is 0.496 e. The fraction of sp³-hybridized carbons (Fsp3) is 0.538. The molecule has 1 unspecified atom stereocenters. The lowest BCUT2D eigenvalue weighted by molar-refractivity contribution is 0.167. The molecule has 0 spiro atoms. The molecule has 90 valence electrons. The molecular formula is C13H20O2S. The van der Waals surface area contributed by atoms with Crippen LogP contribution in [0.5, 0.6) is 5.75 Å². The molecule has 1 aromatic heterocycles. The van der Waals surface area contributed by atoms with Crippen LogP contribution < -0.4 is 4.74 Å². The van der Waals surface area contributed by atoms with Gasteiger partial charge < -0.3 is 9.84 Å². The Morgan fingerprint density at radius 2 is 2.31 bits per heavy atom. The van der Waals surface area contributed by atoms with Gasteiger partial charge in [0.05, 0.1) is 13.2 Å². The van der Waals surface area contributed by atoms with E-state index < -0.39 is 0 Å². The Balaban J connectivity index is 2.23. The number of aliphatic hydroxyl groups excluding tert-OH is 1. The predicted octanol–water partition coefficient (Wildman–Crippen LogP) is 3.93. The zero-order valence-corrected chi connectivity index (χ0v) is 10.6. The maximum atomic E-state index is 9.92. The van der Waals surface area contributed by atoms with Crippen molar-refractivity contribution >= 4 is 11.3 Å². The van der Waals surface area contributed by atoms with Crippen LogP contribution >= 0.6 is 11.3 Å². The SMILES string of the molecule is C=CCCCCCC(O)c1cc(OC)cs1. The highest BCUT2D eigenvalue weighted by molar-refractivity contribution is 7.10. The van der Waals surface area contributed by atoms with Crippen molar-refractivity contribution in [2.45, 2.75) is 38.2 Å². The van der Waals surface area contributed by atoms with Crippen molar-refractivity contribution in [1.29, 1.82) is 0 Å². The number of hydrogen-bond donors (Lipinski definition) is 1. The lowest BCUT2D eigenvalue weighted by Gasteiger charge is -2.07. The smallest absolute Gasteiger partial charge is 0.129 e. The summed E-state index contributed by atoms with van der Waals surface area (Å²) in [6, 6.07) is 1.92. The van der Waals surface area contributed by atoms with E-state index in [2.05, 4.69) is 6.58 Å². The lowest BCUT2D eigenvalue weighted by atomic mass is 10.1. The van der Waals surface area contributed by atoms with Crippen molar-refractivity contribution in [1.82, 2.24) is 0 Å². The van der Waals surface area contributed by atoms with Crippen molar-refractivity contribution in [3.63, 3.8) is 0 Å². The van der Waals surface area contributed by atoms with Crippen molar-refractivity contribution in [2.75, 3.05) is 7.11 Å². The average Bonchev–Trinajstić information content (AvgIpc) is 2.77. The molecule has 16 heavy (non-hydrogen) atoms. The van der Waals surface area contributed by atoms with Gasteiger partial charge in [0.15, 0.2) is 0 Å². The van der Waals surface area contributed by atoms with Crippen LogP contribution in [0.3, 0.4) is 0 Å². The van der Waals surface area contributed by atoms with E-state index in [9.17, 15) is 5.11 Å². The van der Waals surface area contributed by atoms with Crippen molar-refractivity contribution in [3.05, 3.63) is 29.0 Å². The van der Waals surface area contributed by atoms with Gasteiger partial charge in [-0.3, -0.25) is 0 Å². The maximum absolute atomic E-state index is 9.92. The first-order chi connectivity index (χ1) is 7.77. The Hall–Kier alpha value is -0.800. The summed E-state index contributed by atoms with van der Waals surface area (Å²) in [7, 11) is 1.65. The summed E-state index contributed by atoms with van der Waals surface area (Å²) in [5.41, 5.74) is 0. The average molecular weight is 240 g/mol. The zero-order valence-electron chi connectivity index (χ0n) is 9.82. The maximum Gasteiger partial charge on any atom is 0.129 e. The molecule has 0 aliphatic carbocycles. The summed E-state index contributed by atoms with van der Waals surface area (Å²) in [5.74, 6) is 0.839. The fourth-order valence-electron chi connectivity index (χ4n) is 1.56. The van der Waals surface area contributed by atoms with Gasteiger partial charge in [0.25, 0.3) is 0 Å². The Kier molecular flexibility index (Phi) is 6.19. The molecule has 0 radical (unpaired) electrons. The third-order valence-electron chi connectivity index (χ3n) is 2.55. The van der Waals surface area contributed by atoms with E-state index in [1.165, 1.54) is 6.42 Å². The van der Waals surface area contributed by atoms with E-state index in [4.69, 9.17) is 4.74 Å². The highest BCUT2D eigenvalue weighted by Crippen LogP contribution is 2.29. The van der Waals surface area contributed by atoms with Gasteiger partial charge in [-0.15, -0.1) is 17.9 Å². The first kappa shape index (κ1) is 13.3. The van der Waals surface area contributed by atoms with Gasteiger partial charge in [-0.25, -0.2) is 0 Å². The normalized spacial score (nSPS) is 12.4. The Morgan fingerprint density at radius 3 is 2.94 bits per heavy atom. The highest BCUT2D eigenvalue weighted by atomic mass is 32.1. The summed E-state index contributed by atoms with van der Waals surface area (Å²) in [6.45, 7) is 3.69. The van der Waals surface area contributed by atoms with E-state index in [1.807, 2.05) is 17.5 Å².